The molecule has 0 bridgehead atoms. The molecule has 10 heteroatoms. The fraction of sp³-hybridized carbons (Fsp3) is 0.471. The Morgan fingerprint density at radius 3 is 2.89 bits per heavy atom. The van der Waals surface area contributed by atoms with Gasteiger partial charge in [0.2, 0.25) is 0 Å². The van der Waals surface area contributed by atoms with Gasteiger partial charge in [0.1, 0.15) is 5.69 Å². The number of aromatic nitrogens is 3. The molecule has 1 atom stereocenters. The van der Waals surface area contributed by atoms with Crippen molar-refractivity contribution in [1.82, 2.24) is 20.1 Å². The number of pyridine rings is 1. The molecule has 3 heterocycles. The van der Waals surface area contributed by atoms with Crippen LogP contribution in [0.3, 0.4) is 0 Å². The van der Waals surface area contributed by atoms with E-state index in [1.54, 1.807) is 18.3 Å². The van der Waals surface area contributed by atoms with E-state index in [0.29, 0.717) is 23.2 Å². The highest BCUT2D eigenvalue weighted by atomic mass is 35.5. The van der Waals surface area contributed by atoms with Gasteiger partial charge in [0.15, 0.2) is 5.69 Å². The topological polar surface area (TPSA) is 61.9 Å². The van der Waals surface area contributed by atoms with Crippen LogP contribution in [-0.2, 0) is 12.7 Å². The molecule has 1 N–H and O–H groups in total. The van der Waals surface area contributed by atoms with Gasteiger partial charge in [-0.2, -0.15) is 30.0 Å². The summed E-state index contributed by atoms with van der Waals surface area (Å²) in [4.78, 5) is 18.5. The number of hydrogen-bond acceptors (Lipinski definition) is 4. The first kappa shape index (κ1) is 20.0. The minimum atomic E-state index is -4.58. The second-order valence-electron chi connectivity index (χ2n) is 6.34. The monoisotopic (exact) mass is 418 g/mol. The largest absolute Gasteiger partial charge is 0.432 e. The van der Waals surface area contributed by atoms with Crippen molar-refractivity contribution in [2.45, 2.75) is 25.6 Å². The molecule has 0 radical (unpaired) electrons. The van der Waals surface area contributed by atoms with Gasteiger partial charge in [0.05, 0.1) is 17.3 Å². The normalized spacial score (nSPS) is 17.3. The van der Waals surface area contributed by atoms with Crippen LogP contribution in [0.25, 0.3) is 0 Å². The minimum Gasteiger partial charge on any atom is -0.331 e. The van der Waals surface area contributed by atoms with E-state index in [-0.39, 0.29) is 12.2 Å². The number of H-pyrrole nitrogens is 1. The van der Waals surface area contributed by atoms with Gasteiger partial charge in [-0.3, -0.25) is 14.9 Å². The number of amides is 1. The zero-order valence-corrected chi connectivity index (χ0v) is 15.9. The average molecular weight is 419 g/mol. The van der Waals surface area contributed by atoms with E-state index in [0.717, 1.165) is 30.4 Å². The number of carbonyl (C=O) groups is 1. The van der Waals surface area contributed by atoms with Gasteiger partial charge in [0, 0.05) is 18.8 Å². The Hall–Kier alpha value is -1.74. The van der Waals surface area contributed by atoms with E-state index < -0.39 is 17.8 Å². The maximum atomic E-state index is 12.8. The van der Waals surface area contributed by atoms with Crippen molar-refractivity contribution >= 4 is 29.3 Å². The number of nitrogens with one attached hydrogen (secondary N) is 1. The molecule has 5 nitrogen and oxygen atoms in total. The van der Waals surface area contributed by atoms with Gasteiger partial charge < -0.3 is 4.90 Å². The van der Waals surface area contributed by atoms with Crippen LogP contribution in [-0.4, -0.2) is 44.0 Å². The van der Waals surface area contributed by atoms with Crippen molar-refractivity contribution in [2.75, 3.05) is 18.1 Å². The first-order valence-electron chi connectivity index (χ1n) is 8.43. The molecule has 1 unspecified atom stereocenters. The van der Waals surface area contributed by atoms with E-state index in [1.807, 2.05) is 16.9 Å². The summed E-state index contributed by atoms with van der Waals surface area (Å²) in [5.74, 6) is 2.05. The number of nitrogens with zero attached hydrogens (tertiary/aromatic N) is 3. The number of carbonyl (C=O) groups excluding carboxylic acids is 1. The van der Waals surface area contributed by atoms with E-state index in [2.05, 4.69) is 10.1 Å². The van der Waals surface area contributed by atoms with Crippen molar-refractivity contribution in [3.8, 4) is 0 Å². The molecule has 0 spiro atoms. The van der Waals surface area contributed by atoms with Crippen LogP contribution in [0.2, 0.25) is 5.02 Å². The molecule has 0 aromatic carbocycles. The smallest absolute Gasteiger partial charge is 0.331 e. The number of alkyl halides is 3. The van der Waals surface area contributed by atoms with E-state index >= 15 is 0 Å². The number of hydrogen-bond donors (Lipinski definition) is 1. The first-order chi connectivity index (χ1) is 12.8. The molecular weight excluding hydrogens is 401 g/mol. The third kappa shape index (κ3) is 5.16. The van der Waals surface area contributed by atoms with Crippen LogP contribution < -0.4 is 0 Å². The summed E-state index contributed by atoms with van der Waals surface area (Å²) < 4.78 is 38.4. The predicted octanol–water partition coefficient (Wildman–Crippen LogP) is 4.26. The Kier molecular flexibility index (Phi) is 6.31. The molecule has 1 saturated heterocycles. The van der Waals surface area contributed by atoms with Crippen LogP contribution in [0.5, 0.6) is 0 Å². The Labute approximate surface area is 163 Å². The summed E-state index contributed by atoms with van der Waals surface area (Å²) in [6, 6.07) is 4.08. The second-order valence-corrected chi connectivity index (χ2v) is 7.90. The lowest BCUT2D eigenvalue weighted by Crippen LogP contribution is -2.33. The van der Waals surface area contributed by atoms with Crippen molar-refractivity contribution in [2.24, 2.45) is 5.92 Å². The fourth-order valence-corrected chi connectivity index (χ4v) is 4.37. The lowest BCUT2D eigenvalue weighted by molar-refractivity contribution is -0.141. The van der Waals surface area contributed by atoms with Crippen molar-refractivity contribution in [3.63, 3.8) is 0 Å². The Morgan fingerprint density at radius 1 is 1.44 bits per heavy atom. The number of thioether (sulfide) groups is 1. The van der Waals surface area contributed by atoms with Gasteiger partial charge in [-0.25, -0.2) is 0 Å². The molecule has 1 amide bonds. The van der Waals surface area contributed by atoms with Crippen molar-refractivity contribution in [1.29, 1.82) is 0 Å². The Morgan fingerprint density at radius 2 is 2.26 bits per heavy atom. The standard InChI is InChI=1S/C17H18ClF3N4OS/c18-12-2-1-5-22-14(12)9-25(6-3-11-4-7-27-10-11)16(26)13-8-15(24-23-13)17(19,20)21/h1-2,5,8,11H,3-4,6-7,9-10H2,(H,23,24). The Bertz CT molecular complexity index is 792. The molecule has 0 saturated carbocycles. The minimum absolute atomic E-state index is 0.118. The number of rotatable bonds is 6. The molecular formula is C17H18ClF3N4OS. The SMILES string of the molecule is O=C(c1cc(C(F)(F)F)[nH]n1)N(CCC1CCSC1)Cc1ncccc1Cl. The molecule has 2 aromatic heterocycles. The zero-order valence-electron chi connectivity index (χ0n) is 14.3. The number of aromatic amines is 1. The summed E-state index contributed by atoms with van der Waals surface area (Å²) >= 11 is 8.01. The molecule has 1 aliphatic heterocycles. The molecule has 0 aliphatic carbocycles. The van der Waals surface area contributed by atoms with Gasteiger partial charge in [-0.05, 0) is 42.4 Å². The summed E-state index contributed by atoms with van der Waals surface area (Å²) in [6.45, 7) is 0.526. The molecule has 1 fully saturated rings. The lowest BCUT2D eigenvalue weighted by Gasteiger charge is -2.23. The number of halogens is 4. The van der Waals surface area contributed by atoms with Gasteiger partial charge >= 0.3 is 6.18 Å². The Balaban J connectivity index is 1.78. The maximum absolute atomic E-state index is 12.8. The lowest BCUT2D eigenvalue weighted by atomic mass is 10.0. The average Bonchev–Trinajstić information content (AvgIpc) is 3.30. The van der Waals surface area contributed by atoms with Crippen LogP contribution >= 0.6 is 23.4 Å². The third-order valence-electron chi connectivity index (χ3n) is 4.40. The molecule has 1 aliphatic rings. The summed E-state index contributed by atoms with van der Waals surface area (Å²) in [7, 11) is 0. The molecule has 2 aromatic rings. The molecule has 27 heavy (non-hydrogen) atoms. The van der Waals surface area contributed by atoms with Crippen LogP contribution in [0, 0.1) is 5.92 Å². The molecule has 146 valence electrons. The highest BCUT2D eigenvalue weighted by Crippen LogP contribution is 2.29. The van der Waals surface area contributed by atoms with Crippen LogP contribution in [0.1, 0.15) is 34.7 Å². The van der Waals surface area contributed by atoms with Gasteiger partial charge in [-0.1, -0.05) is 11.6 Å². The van der Waals surface area contributed by atoms with Crippen LogP contribution in [0.4, 0.5) is 13.2 Å². The summed E-state index contributed by atoms with van der Waals surface area (Å²) in [5.41, 5.74) is -0.816. The van der Waals surface area contributed by atoms with Gasteiger partial charge in [-0.15, -0.1) is 0 Å². The van der Waals surface area contributed by atoms with E-state index in [9.17, 15) is 18.0 Å². The van der Waals surface area contributed by atoms with Crippen molar-refractivity contribution in [3.05, 3.63) is 46.5 Å². The zero-order chi connectivity index (χ0) is 19.4. The third-order valence-corrected chi connectivity index (χ3v) is 5.97. The first-order valence-corrected chi connectivity index (χ1v) is 9.97. The van der Waals surface area contributed by atoms with Crippen LogP contribution in [0.15, 0.2) is 24.4 Å². The predicted molar refractivity (Wildman–Crippen MR) is 97.6 cm³/mol. The maximum Gasteiger partial charge on any atom is 0.432 e. The van der Waals surface area contributed by atoms with Crippen molar-refractivity contribution < 1.29 is 18.0 Å². The van der Waals surface area contributed by atoms with Gasteiger partial charge in [0.25, 0.3) is 5.91 Å². The molecule has 3 rings (SSSR count). The quantitative estimate of drug-likeness (QED) is 0.761. The second kappa shape index (κ2) is 8.52. The summed E-state index contributed by atoms with van der Waals surface area (Å²) in [6.07, 6.45) is -1.16. The van der Waals surface area contributed by atoms with E-state index in [4.69, 9.17) is 11.6 Å². The fourth-order valence-electron chi connectivity index (χ4n) is 2.86. The summed E-state index contributed by atoms with van der Waals surface area (Å²) in [5, 5.41) is 5.85. The highest BCUT2D eigenvalue weighted by Gasteiger charge is 2.34. The van der Waals surface area contributed by atoms with E-state index in [1.165, 1.54) is 4.90 Å². The highest BCUT2D eigenvalue weighted by molar-refractivity contribution is 7.99.